The minimum atomic E-state index is -1.19. The molecule has 4 rings (SSSR count). The Morgan fingerprint density at radius 2 is 1.84 bits per heavy atom. The summed E-state index contributed by atoms with van der Waals surface area (Å²) >= 11 is 5.96. The summed E-state index contributed by atoms with van der Waals surface area (Å²) in [5.74, 6) is -2.44. The Kier molecular flexibility index (Phi) is 6.11. The number of carboxylic acid groups (broad SMARTS) is 1. The Morgan fingerprint density at radius 3 is 2.56 bits per heavy atom. The molecule has 166 valence electrons. The lowest BCUT2D eigenvalue weighted by atomic mass is 10.0. The Morgan fingerprint density at radius 1 is 1.12 bits per heavy atom. The molecule has 2 heterocycles. The number of anilines is 1. The van der Waals surface area contributed by atoms with Gasteiger partial charge in [0.15, 0.2) is 0 Å². The van der Waals surface area contributed by atoms with Crippen LogP contribution in [0.1, 0.15) is 16.8 Å². The summed E-state index contributed by atoms with van der Waals surface area (Å²) < 4.78 is 4.79. The first-order valence-corrected chi connectivity index (χ1v) is 10.3. The van der Waals surface area contributed by atoms with Gasteiger partial charge in [0.1, 0.15) is 19.3 Å². The second kappa shape index (κ2) is 8.97. The second-order valence-electron chi connectivity index (χ2n) is 7.55. The number of carbonyl (C=O) groups is 4. The molecule has 0 aliphatic carbocycles. The Hall–Kier alpha value is -3.43. The molecule has 2 atom stereocenters. The normalized spacial score (nSPS) is 19.6. The van der Waals surface area contributed by atoms with Crippen LogP contribution in [-0.2, 0) is 19.1 Å². The van der Waals surface area contributed by atoms with Crippen molar-refractivity contribution in [2.45, 2.75) is 18.5 Å². The number of hydrogen-bond donors (Lipinski definition) is 3. The number of amides is 3. The Labute approximate surface area is 188 Å². The smallest absolute Gasteiger partial charge is 0.329 e. The molecule has 2 aromatic rings. The van der Waals surface area contributed by atoms with E-state index in [4.69, 9.17) is 21.4 Å². The van der Waals surface area contributed by atoms with Crippen LogP contribution in [0.4, 0.5) is 5.69 Å². The molecule has 3 amide bonds. The molecule has 0 aromatic heterocycles. The van der Waals surface area contributed by atoms with Gasteiger partial charge >= 0.3 is 5.97 Å². The van der Waals surface area contributed by atoms with Crippen molar-refractivity contribution < 1.29 is 29.0 Å². The van der Waals surface area contributed by atoms with Gasteiger partial charge in [-0.3, -0.25) is 14.4 Å². The molecule has 0 bridgehead atoms. The van der Waals surface area contributed by atoms with Gasteiger partial charge in [-0.25, -0.2) is 4.79 Å². The van der Waals surface area contributed by atoms with Crippen LogP contribution in [0.5, 0.6) is 0 Å². The van der Waals surface area contributed by atoms with Gasteiger partial charge < -0.3 is 25.4 Å². The number of halogens is 1. The second-order valence-corrected chi connectivity index (χ2v) is 7.99. The molecule has 2 aromatic carbocycles. The lowest BCUT2D eigenvalue weighted by Crippen LogP contribution is -2.52. The zero-order valence-corrected chi connectivity index (χ0v) is 17.6. The Bertz CT molecular complexity index is 1090. The molecule has 2 unspecified atom stereocenters. The van der Waals surface area contributed by atoms with Crippen molar-refractivity contribution >= 4 is 41.0 Å². The summed E-state index contributed by atoms with van der Waals surface area (Å²) in [5, 5.41) is 14.7. The number of aliphatic carboxylic acids is 1. The van der Waals surface area contributed by atoms with E-state index >= 15 is 0 Å². The summed E-state index contributed by atoms with van der Waals surface area (Å²) in [4.78, 5) is 50.3. The fraction of sp³-hybridized carbons (Fsp3) is 0.273. The molecule has 1 saturated heterocycles. The molecule has 32 heavy (non-hydrogen) atoms. The van der Waals surface area contributed by atoms with E-state index in [1.165, 1.54) is 4.90 Å². The number of nitrogens with zero attached hydrogens (tertiary/aromatic N) is 1. The number of nitrogens with one attached hydrogen (secondary N) is 2. The largest absolute Gasteiger partial charge is 0.480 e. The van der Waals surface area contributed by atoms with Gasteiger partial charge in [-0.05, 0) is 41.8 Å². The molecule has 1 fully saturated rings. The van der Waals surface area contributed by atoms with E-state index in [0.29, 0.717) is 29.2 Å². The van der Waals surface area contributed by atoms with E-state index in [-0.39, 0.29) is 5.91 Å². The van der Waals surface area contributed by atoms with Crippen molar-refractivity contribution in [3.63, 3.8) is 0 Å². The SMILES string of the molecule is O=C(O)COCC(=O)NC1CCN2C(=O)c3cc(-c4ccc(Cl)cc4)ccc3NC(=O)C12. The maximum Gasteiger partial charge on any atom is 0.329 e. The summed E-state index contributed by atoms with van der Waals surface area (Å²) in [6.07, 6.45) is 0.390. The minimum absolute atomic E-state index is 0.294. The number of rotatable bonds is 6. The Balaban J connectivity index is 1.53. The molecule has 0 radical (unpaired) electrons. The summed E-state index contributed by atoms with van der Waals surface area (Å²) in [6, 6.07) is 11.0. The third-order valence-electron chi connectivity index (χ3n) is 5.42. The van der Waals surface area contributed by atoms with E-state index in [1.54, 1.807) is 24.3 Å². The zero-order chi connectivity index (χ0) is 22.8. The number of benzene rings is 2. The van der Waals surface area contributed by atoms with Gasteiger partial charge in [0.25, 0.3) is 5.91 Å². The molecule has 2 aliphatic rings. The van der Waals surface area contributed by atoms with Crippen LogP contribution in [-0.4, -0.2) is 65.5 Å². The molecule has 0 saturated carbocycles. The van der Waals surface area contributed by atoms with Gasteiger partial charge in [-0.15, -0.1) is 0 Å². The standard InChI is InChI=1S/C22H20ClN3O6/c23-14-4-1-12(2-5-14)13-3-6-16-15(9-13)22(31)26-8-7-17(20(26)21(30)25-16)24-18(27)10-32-11-19(28)29/h1-6,9,17,20H,7-8,10-11H2,(H,24,27)(H,25,30)(H,28,29). The number of hydrogen-bond acceptors (Lipinski definition) is 5. The van der Waals surface area contributed by atoms with Crippen molar-refractivity contribution in [1.29, 1.82) is 0 Å². The molecule has 10 heteroatoms. The molecular formula is C22H20ClN3O6. The van der Waals surface area contributed by atoms with Crippen molar-refractivity contribution in [3.8, 4) is 11.1 Å². The first-order valence-electron chi connectivity index (χ1n) is 9.94. The molecular weight excluding hydrogens is 438 g/mol. The first-order chi connectivity index (χ1) is 15.3. The van der Waals surface area contributed by atoms with Crippen LogP contribution in [0.3, 0.4) is 0 Å². The lowest BCUT2D eigenvalue weighted by molar-refractivity contribution is -0.143. The van der Waals surface area contributed by atoms with Crippen LogP contribution in [0.15, 0.2) is 42.5 Å². The van der Waals surface area contributed by atoms with Crippen molar-refractivity contribution in [1.82, 2.24) is 10.2 Å². The van der Waals surface area contributed by atoms with E-state index < -0.39 is 43.1 Å². The van der Waals surface area contributed by atoms with Crippen molar-refractivity contribution in [2.24, 2.45) is 0 Å². The molecule has 0 spiro atoms. The monoisotopic (exact) mass is 457 g/mol. The van der Waals surface area contributed by atoms with Crippen molar-refractivity contribution in [3.05, 3.63) is 53.1 Å². The maximum absolute atomic E-state index is 13.3. The van der Waals surface area contributed by atoms with E-state index in [0.717, 1.165) is 11.1 Å². The van der Waals surface area contributed by atoms with Crippen LogP contribution in [0, 0.1) is 0 Å². The van der Waals surface area contributed by atoms with Gasteiger partial charge in [0.05, 0.1) is 17.3 Å². The van der Waals surface area contributed by atoms with Crippen LogP contribution in [0.2, 0.25) is 5.02 Å². The van der Waals surface area contributed by atoms with Gasteiger partial charge in [-0.1, -0.05) is 29.8 Å². The number of ether oxygens (including phenoxy) is 1. The fourth-order valence-electron chi connectivity index (χ4n) is 3.99. The quantitative estimate of drug-likeness (QED) is 0.607. The van der Waals surface area contributed by atoms with E-state index in [9.17, 15) is 19.2 Å². The summed E-state index contributed by atoms with van der Waals surface area (Å²) in [6.45, 7) is -0.754. The molecule has 3 N–H and O–H groups in total. The summed E-state index contributed by atoms with van der Waals surface area (Å²) in [7, 11) is 0. The maximum atomic E-state index is 13.3. The highest BCUT2D eigenvalue weighted by molar-refractivity contribution is 6.30. The molecule has 9 nitrogen and oxygen atoms in total. The lowest BCUT2D eigenvalue weighted by Gasteiger charge is -2.24. The van der Waals surface area contributed by atoms with Crippen LogP contribution < -0.4 is 10.6 Å². The topological polar surface area (TPSA) is 125 Å². The highest BCUT2D eigenvalue weighted by atomic mass is 35.5. The molecule has 2 aliphatic heterocycles. The van der Waals surface area contributed by atoms with E-state index in [2.05, 4.69) is 10.6 Å². The highest BCUT2D eigenvalue weighted by Crippen LogP contribution is 2.32. The highest BCUT2D eigenvalue weighted by Gasteiger charge is 2.45. The number of carbonyl (C=O) groups excluding carboxylic acids is 3. The summed E-state index contributed by atoms with van der Waals surface area (Å²) in [5.41, 5.74) is 2.46. The average Bonchev–Trinajstić information content (AvgIpc) is 3.13. The van der Waals surface area contributed by atoms with E-state index in [1.807, 2.05) is 18.2 Å². The third-order valence-corrected chi connectivity index (χ3v) is 5.67. The third kappa shape index (κ3) is 4.44. The predicted octanol–water partition coefficient (Wildman–Crippen LogP) is 1.76. The van der Waals surface area contributed by atoms with Gasteiger partial charge in [-0.2, -0.15) is 0 Å². The minimum Gasteiger partial charge on any atom is -0.480 e. The van der Waals surface area contributed by atoms with Crippen LogP contribution in [0.25, 0.3) is 11.1 Å². The predicted molar refractivity (Wildman–Crippen MR) is 115 cm³/mol. The first kappa shape index (κ1) is 21.8. The number of carboxylic acids is 1. The van der Waals surface area contributed by atoms with Gasteiger partial charge in [0, 0.05) is 11.6 Å². The number of fused-ring (bicyclic) bond motifs is 2. The average molecular weight is 458 g/mol. The zero-order valence-electron chi connectivity index (χ0n) is 16.8. The van der Waals surface area contributed by atoms with Gasteiger partial charge in [0.2, 0.25) is 11.8 Å². The van der Waals surface area contributed by atoms with Crippen molar-refractivity contribution in [2.75, 3.05) is 25.1 Å². The van der Waals surface area contributed by atoms with Crippen LogP contribution >= 0.6 is 11.6 Å². The fourth-order valence-corrected chi connectivity index (χ4v) is 4.11.